The minimum absolute atomic E-state index is 0.328. The fourth-order valence-corrected chi connectivity index (χ4v) is 2.57. The summed E-state index contributed by atoms with van der Waals surface area (Å²) >= 11 is 1.46. The van der Waals surface area contributed by atoms with E-state index >= 15 is 0 Å². The number of pyridine rings is 1. The molecule has 2 heterocycles. The third-order valence-electron chi connectivity index (χ3n) is 2.47. The second-order valence-electron chi connectivity index (χ2n) is 3.68. The highest BCUT2D eigenvalue weighted by Crippen LogP contribution is 2.29. The molecule has 0 aliphatic heterocycles. The normalized spacial score (nSPS) is 10.7. The molecule has 3 aromatic rings. The van der Waals surface area contributed by atoms with E-state index in [9.17, 15) is 4.79 Å². The number of fused-ring (bicyclic) bond motifs is 1. The Kier molecular flexibility index (Phi) is 2.82. The van der Waals surface area contributed by atoms with Crippen molar-refractivity contribution in [3.05, 3.63) is 59.3 Å². The SMILES string of the molecule is O=c1nc(Sc2ccncc2)c2ccccc2[nH]1. The van der Waals surface area contributed by atoms with Crippen LogP contribution in [-0.4, -0.2) is 15.0 Å². The van der Waals surface area contributed by atoms with Crippen molar-refractivity contribution >= 4 is 22.7 Å². The highest BCUT2D eigenvalue weighted by atomic mass is 32.2. The first-order chi connectivity index (χ1) is 8.83. The predicted octanol–water partition coefficient (Wildman–Crippen LogP) is 2.47. The van der Waals surface area contributed by atoms with Gasteiger partial charge in [0.15, 0.2) is 0 Å². The zero-order valence-electron chi connectivity index (χ0n) is 9.33. The number of aromatic amines is 1. The van der Waals surface area contributed by atoms with Gasteiger partial charge in [0.25, 0.3) is 0 Å². The molecule has 0 atom stereocenters. The molecule has 0 radical (unpaired) electrons. The Balaban J connectivity index is 2.14. The number of rotatable bonds is 2. The number of para-hydroxylation sites is 1. The van der Waals surface area contributed by atoms with Crippen molar-refractivity contribution in [2.75, 3.05) is 0 Å². The third kappa shape index (κ3) is 2.12. The molecule has 4 nitrogen and oxygen atoms in total. The van der Waals surface area contributed by atoms with E-state index in [0.29, 0.717) is 5.03 Å². The van der Waals surface area contributed by atoms with E-state index in [2.05, 4.69) is 15.0 Å². The molecular formula is C13H9N3OS. The summed E-state index contributed by atoms with van der Waals surface area (Å²) < 4.78 is 0. The molecule has 1 N–H and O–H groups in total. The Labute approximate surface area is 107 Å². The van der Waals surface area contributed by atoms with Crippen LogP contribution in [0.2, 0.25) is 0 Å². The lowest BCUT2D eigenvalue weighted by molar-refractivity contribution is 1.02. The van der Waals surface area contributed by atoms with Crippen molar-refractivity contribution in [1.82, 2.24) is 15.0 Å². The zero-order chi connectivity index (χ0) is 12.4. The van der Waals surface area contributed by atoms with Gasteiger partial charge in [0.05, 0.1) is 5.52 Å². The van der Waals surface area contributed by atoms with E-state index in [-0.39, 0.29) is 5.69 Å². The summed E-state index contributed by atoms with van der Waals surface area (Å²) in [5, 5.41) is 1.65. The molecule has 0 amide bonds. The molecule has 0 saturated heterocycles. The number of H-pyrrole nitrogens is 1. The second-order valence-corrected chi connectivity index (χ2v) is 4.74. The molecule has 18 heavy (non-hydrogen) atoms. The lowest BCUT2D eigenvalue weighted by Crippen LogP contribution is -2.10. The average Bonchev–Trinajstić information content (AvgIpc) is 2.40. The average molecular weight is 255 g/mol. The quantitative estimate of drug-likeness (QED) is 0.715. The minimum atomic E-state index is -0.328. The summed E-state index contributed by atoms with van der Waals surface area (Å²) in [4.78, 5) is 23.2. The van der Waals surface area contributed by atoms with Crippen LogP contribution in [-0.2, 0) is 0 Å². The molecule has 3 rings (SSSR count). The summed E-state index contributed by atoms with van der Waals surface area (Å²) in [5.74, 6) is 0. The lowest BCUT2D eigenvalue weighted by atomic mass is 10.2. The van der Waals surface area contributed by atoms with E-state index in [4.69, 9.17) is 0 Å². The lowest BCUT2D eigenvalue weighted by Gasteiger charge is -2.04. The van der Waals surface area contributed by atoms with Crippen LogP contribution >= 0.6 is 11.8 Å². The summed E-state index contributed by atoms with van der Waals surface area (Å²) in [6.45, 7) is 0. The molecule has 0 spiro atoms. The molecule has 0 bridgehead atoms. The van der Waals surface area contributed by atoms with Crippen molar-refractivity contribution in [2.45, 2.75) is 9.92 Å². The maximum Gasteiger partial charge on any atom is 0.346 e. The van der Waals surface area contributed by atoms with E-state index < -0.39 is 0 Å². The molecular weight excluding hydrogens is 246 g/mol. The van der Waals surface area contributed by atoms with E-state index in [1.54, 1.807) is 12.4 Å². The smallest absolute Gasteiger partial charge is 0.305 e. The molecule has 1 aromatic carbocycles. The highest BCUT2D eigenvalue weighted by molar-refractivity contribution is 7.99. The van der Waals surface area contributed by atoms with Crippen LogP contribution in [0, 0.1) is 0 Å². The molecule has 5 heteroatoms. The van der Waals surface area contributed by atoms with Gasteiger partial charge in [-0.3, -0.25) is 4.98 Å². The van der Waals surface area contributed by atoms with E-state index in [1.165, 1.54) is 11.8 Å². The van der Waals surface area contributed by atoms with Crippen molar-refractivity contribution in [3.63, 3.8) is 0 Å². The Morgan fingerprint density at radius 3 is 2.67 bits per heavy atom. The first-order valence-electron chi connectivity index (χ1n) is 5.40. The van der Waals surface area contributed by atoms with Crippen molar-refractivity contribution < 1.29 is 0 Å². The molecule has 0 aliphatic rings. The van der Waals surface area contributed by atoms with E-state index in [0.717, 1.165) is 15.8 Å². The fraction of sp³-hybridized carbons (Fsp3) is 0. The maximum atomic E-state index is 11.5. The maximum absolute atomic E-state index is 11.5. The van der Waals surface area contributed by atoms with Crippen LogP contribution in [0.25, 0.3) is 10.9 Å². The third-order valence-corrected chi connectivity index (χ3v) is 3.48. The van der Waals surface area contributed by atoms with Gasteiger partial charge in [0.2, 0.25) is 0 Å². The van der Waals surface area contributed by atoms with Gasteiger partial charge in [-0.15, -0.1) is 0 Å². The van der Waals surface area contributed by atoms with Crippen LogP contribution in [0.4, 0.5) is 0 Å². The minimum Gasteiger partial charge on any atom is -0.305 e. The number of hydrogen-bond acceptors (Lipinski definition) is 4. The first kappa shape index (κ1) is 11.0. The van der Waals surface area contributed by atoms with Gasteiger partial charge in [0.1, 0.15) is 5.03 Å². The van der Waals surface area contributed by atoms with Gasteiger partial charge in [0, 0.05) is 22.7 Å². The van der Waals surface area contributed by atoms with Gasteiger partial charge in [-0.25, -0.2) is 4.79 Å². The van der Waals surface area contributed by atoms with Gasteiger partial charge >= 0.3 is 5.69 Å². The largest absolute Gasteiger partial charge is 0.346 e. The summed E-state index contributed by atoms with van der Waals surface area (Å²) in [6, 6.07) is 11.4. The van der Waals surface area contributed by atoms with Gasteiger partial charge in [-0.05, 0) is 18.2 Å². The van der Waals surface area contributed by atoms with Gasteiger partial charge < -0.3 is 4.98 Å². The van der Waals surface area contributed by atoms with Crippen LogP contribution in [0.15, 0.2) is 63.5 Å². The van der Waals surface area contributed by atoms with Crippen molar-refractivity contribution in [1.29, 1.82) is 0 Å². The van der Waals surface area contributed by atoms with Gasteiger partial charge in [-0.2, -0.15) is 4.98 Å². The monoisotopic (exact) mass is 255 g/mol. The number of nitrogens with zero attached hydrogens (tertiary/aromatic N) is 2. The number of aromatic nitrogens is 3. The Morgan fingerprint density at radius 1 is 1.06 bits per heavy atom. The number of nitrogens with one attached hydrogen (secondary N) is 1. The Morgan fingerprint density at radius 2 is 1.83 bits per heavy atom. The zero-order valence-corrected chi connectivity index (χ0v) is 10.1. The summed E-state index contributed by atoms with van der Waals surface area (Å²) in [5.41, 5.74) is 0.472. The molecule has 0 fully saturated rings. The molecule has 0 unspecified atom stereocenters. The topological polar surface area (TPSA) is 58.6 Å². The van der Waals surface area contributed by atoms with Crippen molar-refractivity contribution in [2.24, 2.45) is 0 Å². The highest BCUT2D eigenvalue weighted by Gasteiger charge is 2.06. The second kappa shape index (κ2) is 4.62. The standard InChI is InChI=1S/C13H9N3OS/c17-13-15-11-4-2-1-3-10(11)12(16-13)18-9-5-7-14-8-6-9/h1-8H,(H,15,16,17). The molecule has 0 saturated carbocycles. The molecule has 2 aromatic heterocycles. The van der Waals surface area contributed by atoms with Crippen LogP contribution < -0.4 is 5.69 Å². The van der Waals surface area contributed by atoms with E-state index in [1.807, 2.05) is 36.4 Å². The van der Waals surface area contributed by atoms with Crippen molar-refractivity contribution in [3.8, 4) is 0 Å². The number of benzene rings is 1. The van der Waals surface area contributed by atoms with Crippen LogP contribution in [0.3, 0.4) is 0 Å². The molecule has 88 valence electrons. The van der Waals surface area contributed by atoms with Crippen LogP contribution in [0.1, 0.15) is 0 Å². The Bertz CT molecular complexity index is 740. The summed E-state index contributed by atoms with van der Waals surface area (Å²) in [7, 11) is 0. The Hall–Kier alpha value is -2.14. The van der Waals surface area contributed by atoms with Crippen LogP contribution in [0.5, 0.6) is 0 Å². The fourth-order valence-electron chi connectivity index (χ4n) is 1.67. The predicted molar refractivity (Wildman–Crippen MR) is 70.7 cm³/mol. The first-order valence-corrected chi connectivity index (χ1v) is 6.21. The van der Waals surface area contributed by atoms with Gasteiger partial charge in [-0.1, -0.05) is 30.0 Å². The number of hydrogen-bond donors (Lipinski definition) is 1. The molecule has 0 aliphatic carbocycles. The summed E-state index contributed by atoms with van der Waals surface area (Å²) in [6.07, 6.45) is 3.44.